The number of esters is 2. The minimum absolute atomic E-state index is 0.118. The van der Waals surface area contributed by atoms with Gasteiger partial charge in [-0.1, -0.05) is 29.8 Å². The smallest absolute Gasteiger partial charge is 0.320 e. The molecule has 2 atom stereocenters. The van der Waals surface area contributed by atoms with E-state index in [1.807, 2.05) is 18.2 Å². The highest BCUT2D eigenvalue weighted by molar-refractivity contribution is 7.86. The fourth-order valence-corrected chi connectivity index (χ4v) is 4.65. The molecule has 0 aromatic heterocycles. The zero-order chi connectivity index (χ0) is 18.2. The lowest BCUT2D eigenvalue weighted by Gasteiger charge is -2.25. The third-order valence-corrected chi connectivity index (χ3v) is 6.14. The molecule has 0 amide bonds. The van der Waals surface area contributed by atoms with Crippen molar-refractivity contribution in [2.75, 3.05) is 14.2 Å². The number of methoxy groups -OCH3 is 2. The van der Waals surface area contributed by atoms with Crippen molar-refractivity contribution in [2.45, 2.75) is 42.2 Å². The van der Waals surface area contributed by atoms with E-state index in [9.17, 15) is 13.8 Å². The van der Waals surface area contributed by atoms with Crippen LogP contribution in [0, 0.1) is 5.92 Å². The van der Waals surface area contributed by atoms with Crippen LogP contribution >= 0.6 is 0 Å². The van der Waals surface area contributed by atoms with E-state index in [2.05, 4.69) is 6.08 Å². The highest BCUT2D eigenvalue weighted by Crippen LogP contribution is 2.30. The molecule has 0 radical (unpaired) electrons. The summed E-state index contributed by atoms with van der Waals surface area (Å²) in [5.41, 5.74) is 1.05. The van der Waals surface area contributed by atoms with Crippen LogP contribution in [-0.2, 0) is 29.9 Å². The van der Waals surface area contributed by atoms with Crippen LogP contribution < -0.4 is 0 Å². The predicted octanol–water partition coefficient (Wildman–Crippen LogP) is 3.02. The van der Waals surface area contributed by atoms with E-state index in [0.717, 1.165) is 31.3 Å². The minimum Gasteiger partial charge on any atom is -0.468 e. The summed E-state index contributed by atoms with van der Waals surface area (Å²) in [6, 6.07) is 9.13. The number of benzene rings is 1. The second-order valence-electron chi connectivity index (χ2n) is 5.96. The van der Waals surface area contributed by atoms with Crippen LogP contribution in [0.1, 0.15) is 32.1 Å². The number of hydrogen-bond donors (Lipinski definition) is 0. The Hall–Kier alpha value is -1.95. The van der Waals surface area contributed by atoms with Crippen molar-refractivity contribution in [2.24, 2.45) is 5.92 Å². The summed E-state index contributed by atoms with van der Waals surface area (Å²) in [4.78, 5) is 24.8. The molecule has 0 saturated heterocycles. The Labute approximate surface area is 150 Å². The summed E-state index contributed by atoms with van der Waals surface area (Å²) in [5.74, 6) is -2.38. The molecule has 0 saturated carbocycles. The molecule has 1 aliphatic rings. The molecule has 0 heterocycles. The Kier molecular flexibility index (Phi) is 7.37. The van der Waals surface area contributed by atoms with Crippen LogP contribution in [0.2, 0.25) is 0 Å². The van der Waals surface area contributed by atoms with Gasteiger partial charge in [0.25, 0.3) is 0 Å². The van der Waals surface area contributed by atoms with Crippen molar-refractivity contribution >= 4 is 22.7 Å². The normalized spacial score (nSPS) is 16.7. The molecule has 0 aliphatic heterocycles. The maximum absolute atomic E-state index is 13.2. The van der Waals surface area contributed by atoms with Gasteiger partial charge < -0.3 is 9.47 Å². The topological polar surface area (TPSA) is 69.7 Å². The van der Waals surface area contributed by atoms with Crippen LogP contribution in [0.25, 0.3) is 0 Å². The Morgan fingerprint density at radius 3 is 2.24 bits per heavy atom. The van der Waals surface area contributed by atoms with Gasteiger partial charge in [0, 0.05) is 4.90 Å². The summed E-state index contributed by atoms with van der Waals surface area (Å²) in [6.45, 7) is 0. The van der Waals surface area contributed by atoms with Crippen LogP contribution in [-0.4, -0.2) is 35.6 Å². The predicted molar refractivity (Wildman–Crippen MR) is 95.3 cm³/mol. The number of carbonyl (C=O) groups is 2. The number of hydrogen-bond acceptors (Lipinski definition) is 5. The average molecular weight is 364 g/mol. The van der Waals surface area contributed by atoms with E-state index < -0.39 is 33.9 Å². The molecule has 136 valence electrons. The molecule has 0 fully saturated rings. The molecule has 0 N–H and O–H groups in total. The van der Waals surface area contributed by atoms with Gasteiger partial charge in [-0.3, -0.25) is 13.8 Å². The van der Waals surface area contributed by atoms with E-state index in [0.29, 0.717) is 4.90 Å². The first kappa shape index (κ1) is 19.4. The third kappa shape index (κ3) is 5.01. The molecule has 1 aliphatic carbocycles. The second kappa shape index (κ2) is 9.51. The number of carbonyl (C=O) groups excluding carboxylic acids is 2. The first-order valence-corrected chi connectivity index (χ1v) is 9.60. The molecular weight excluding hydrogens is 340 g/mol. The molecule has 2 unspecified atom stereocenters. The fraction of sp³-hybridized carbons (Fsp3) is 0.474. The fourth-order valence-electron chi connectivity index (χ4n) is 3.04. The molecule has 6 heteroatoms. The van der Waals surface area contributed by atoms with Gasteiger partial charge in [0.1, 0.15) is 0 Å². The Balaban J connectivity index is 2.33. The van der Waals surface area contributed by atoms with Gasteiger partial charge in [-0.15, -0.1) is 0 Å². The highest BCUT2D eigenvalue weighted by atomic mass is 32.2. The van der Waals surface area contributed by atoms with Crippen molar-refractivity contribution in [1.29, 1.82) is 0 Å². The Bertz CT molecular complexity index is 637. The van der Waals surface area contributed by atoms with Crippen LogP contribution in [0.5, 0.6) is 0 Å². The van der Waals surface area contributed by atoms with Gasteiger partial charge in [0.05, 0.1) is 30.3 Å². The van der Waals surface area contributed by atoms with Gasteiger partial charge in [0.2, 0.25) is 0 Å². The van der Waals surface area contributed by atoms with Gasteiger partial charge in [-0.2, -0.15) is 0 Å². The van der Waals surface area contributed by atoms with E-state index >= 15 is 0 Å². The van der Waals surface area contributed by atoms with Crippen molar-refractivity contribution in [3.8, 4) is 0 Å². The summed E-state index contributed by atoms with van der Waals surface area (Å²) < 4.78 is 22.7. The third-order valence-electron chi connectivity index (χ3n) is 4.39. The maximum Gasteiger partial charge on any atom is 0.320 e. The van der Waals surface area contributed by atoms with Crippen LogP contribution in [0.3, 0.4) is 0 Å². The highest BCUT2D eigenvalue weighted by Gasteiger charge is 2.35. The van der Waals surface area contributed by atoms with Crippen LogP contribution in [0.4, 0.5) is 0 Å². The molecule has 1 aromatic rings. The number of ether oxygens (including phenoxy) is 2. The summed E-state index contributed by atoms with van der Waals surface area (Å²) in [5, 5.41) is -0.411. The van der Waals surface area contributed by atoms with E-state index in [4.69, 9.17) is 9.47 Å². The van der Waals surface area contributed by atoms with Gasteiger partial charge in [-0.25, -0.2) is 0 Å². The summed E-state index contributed by atoms with van der Waals surface area (Å²) >= 11 is 0. The van der Waals surface area contributed by atoms with Crippen molar-refractivity contribution in [3.63, 3.8) is 0 Å². The average Bonchev–Trinajstić information content (AvgIpc) is 2.68. The zero-order valence-corrected chi connectivity index (χ0v) is 15.4. The van der Waals surface area contributed by atoms with Gasteiger partial charge in [-0.05, 0) is 44.2 Å². The maximum atomic E-state index is 13.2. The monoisotopic (exact) mass is 364 g/mol. The van der Waals surface area contributed by atoms with Gasteiger partial charge in [0.15, 0.2) is 5.92 Å². The van der Waals surface area contributed by atoms with E-state index in [1.54, 1.807) is 12.1 Å². The van der Waals surface area contributed by atoms with Crippen molar-refractivity contribution < 1.29 is 23.3 Å². The largest absolute Gasteiger partial charge is 0.468 e. The lowest BCUT2D eigenvalue weighted by molar-refractivity contribution is -0.159. The van der Waals surface area contributed by atoms with Gasteiger partial charge >= 0.3 is 11.9 Å². The first-order chi connectivity index (χ1) is 12.1. The van der Waals surface area contributed by atoms with E-state index in [1.165, 1.54) is 14.2 Å². The molecule has 25 heavy (non-hydrogen) atoms. The standard InChI is InChI=1S/C19H24O5S/c1-23-18(20)16(19(21)24-2)13-17(14-9-5-3-6-10-14)25(22)15-11-7-4-8-12-15/h4,7-9,11-12,16-17H,3,5-6,10,13H2,1-2H3. The van der Waals surface area contributed by atoms with Crippen molar-refractivity contribution in [1.82, 2.24) is 0 Å². The van der Waals surface area contributed by atoms with Crippen molar-refractivity contribution in [3.05, 3.63) is 42.0 Å². The summed E-state index contributed by atoms with van der Waals surface area (Å²) in [6.07, 6.45) is 6.10. The summed E-state index contributed by atoms with van der Waals surface area (Å²) in [7, 11) is 1.11. The molecular formula is C19H24O5S. The molecule has 1 aromatic carbocycles. The first-order valence-electron chi connectivity index (χ1n) is 8.38. The van der Waals surface area contributed by atoms with E-state index in [-0.39, 0.29) is 6.42 Å². The molecule has 0 spiro atoms. The second-order valence-corrected chi connectivity index (χ2v) is 7.59. The Morgan fingerprint density at radius 2 is 1.72 bits per heavy atom. The zero-order valence-electron chi connectivity index (χ0n) is 14.6. The molecule has 2 rings (SSSR count). The SMILES string of the molecule is COC(=O)C(CC(C1=CCCCC1)S(=O)c1ccccc1)C(=O)OC. The molecule has 5 nitrogen and oxygen atoms in total. The molecule has 0 bridgehead atoms. The van der Waals surface area contributed by atoms with Crippen LogP contribution in [0.15, 0.2) is 46.9 Å². The Morgan fingerprint density at radius 1 is 1.08 bits per heavy atom. The number of rotatable bonds is 7. The lowest BCUT2D eigenvalue weighted by atomic mass is 9.92. The minimum atomic E-state index is -1.36. The quantitative estimate of drug-likeness (QED) is 0.423. The lowest BCUT2D eigenvalue weighted by Crippen LogP contribution is -2.33. The number of allylic oxidation sites excluding steroid dienone is 1.